The van der Waals surface area contributed by atoms with E-state index in [0.29, 0.717) is 13.2 Å². The first kappa shape index (κ1) is 16.7. The van der Waals surface area contributed by atoms with Crippen molar-refractivity contribution in [3.8, 4) is 0 Å². The first-order chi connectivity index (χ1) is 9.45. The van der Waals surface area contributed by atoms with Crippen LogP contribution in [0, 0.1) is 5.41 Å². The van der Waals surface area contributed by atoms with Gasteiger partial charge in [0.25, 0.3) is 0 Å². The zero-order valence-electron chi connectivity index (χ0n) is 11.8. The molecule has 0 aromatic heterocycles. The molecule has 0 aromatic carbocycles. The zero-order chi connectivity index (χ0) is 15.2. The number of carbonyl (C=O) groups is 2. The van der Waals surface area contributed by atoms with Crippen molar-refractivity contribution in [1.29, 1.82) is 0 Å². The van der Waals surface area contributed by atoms with Gasteiger partial charge in [-0.05, 0) is 6.92 Å². The van der Waals surface area contributed by atoms with E-state index in [1.54, 1.807) is 6.92 Å². The maximum atomic E-state index is 12.1. The molecule has 116 valence electrons. The molecule has 1 saturated heterocycles. The fourth-order valence-corrected chi connectivity index (χ4v) is 1.96. The van der Waals surface area contributed by atoms with Crippen LogP contribution in [0.15, 0.2) is 0 Å². The highest BCUT2D eigenvalue weighted by molar-refractivity contribution is 5.79. The molecule has 2 atom stereocenters. The van der Waals surface area contributed by atoms with Crippen LogP contribution in [0.3, 0.4) is 0 Å². The molecule has 0 aliphatic carbocycles. The number of amides is 2. The van der Waals surface area contributed by atoms with Gasteiger partial charge in [0.15, 0.2) is 0 Å². The Balaban J connectivity index is 2.64. The van der Waals surface area contributed by atoms with Crippen LogP contribution in [0.1, 0.15) is 6.92 Å². The fraction of sp³-hybridized carbons (Fsp3) is 0.833. The van der Waals surface area contributed by atoms with Crippen LogP contribution in [0.5, 0.6) is 0 Å². The highest BCUT2D eigenvalue weighted by atomic mass is 16.5. The number of carboxylic acids is 1. The molecule has 1 heterocycles. The molecule has 0 radical (unpaired) electrons. The minimum atomic E-state index is -1.14. The molecule has 8 heteroatoms. The van der Waals surface area contributed by atoms with Gasteiger partial charge in [-0.15, -0.1) is 0 Å². The molecule has 0 bridgehead atoms. The highest BCUT2D eigenvalue weighted by Crippen LogP contribution is 2.28. The number of ether oxygens (including phenoxy) is 2. The molecule has 0 saturated carbocycles. The number of urea groups is 1. The van der Waals surface area contributed by atoms with Gasteiger partial charge in [0, 0.05) is 20.2 Å². The summed E-state index contributed by atoms with van der Waals surface area (Å²) in [7, 11) is 1.52. The Morgan fingerprint density at radius 3 is 2.75 bits per heavy atom. The van der Waals surface area contributed by atoms with Gasteiger partial charge < -0.3 is 29.9 Å². The van der Waals surface area contributed by atoms with E-state index >= 15 is 0 Å². The van der Waals surface area contributed by atoms with Gasteiger partial charge in [0.2, 0.25) is 0 Å². The minimum Gasteiger partial charge on any atom is -0.481 e. The van der Waals surface area contributed by atoms with Gasteiger partial charge in [-0.25, -0.2) is 4.79 Å². The topological polar surface area (TPSA) is 108 Å². The fourth-order valence-electron chi connectivity index (χ4n) is 1.96. The van der Waals surface area contributed by atoms with Gasteiger partial charge >= 0.3 is 12.0 Å². The van der Waals surface area contributed by atoms with Crippen LogP contribution in [0.25, 0.3) is 0 Å². The molecule has 3 N–H and O–H groups in total. The van der Waals surface area contributed by atoms with E-state index in [4.69, 9.17) is 14.6 Å². The summed E-state index contributed by atoms with van der Waals surface area (Å²) in [6.45, 7) is 2.40. The summed E-state index contributed by atoms with van der Waals surface area (Å²) in [6.07, 6.45) is 0. The average molecular weight is 290 g/mol. The largest absolute Gasteiger partial charge is 0.481 e. The Labute approximate surface area is 117 Å². The van der Waals surface area contributed by atoms with Gasteiger partial charge in [0.1, 0.15) is 5.41 Å². The number of hydrogen-bond donors (Lipinski definition) is 3. The molecular formula is C12H22N2O6. The number of aliphatic carboxylic acids is 1. The molecule has 1 aliphatic rings. The number of rotatable bonds is 7. The number of carbonyl (C=O) groups excluding carboxylic acids is 1. The second-order valence-electron chi connectivity index (χ2n) is 4.94. The van der Waals surface area contributed by atoms with Crippen molar-refractivity contribution in [2.75, 3.05) is 46.6 Å². The number of nitrogens with one attached hydrogen (secondary N) is 1. The predicted octanol–water partition coefficient (Wildman–Crippen LogP) is -0.874. The summed E-state index contributed by atoms with van der Waals surface area (Å²) in [5.74, 6) is -1.01. The van der Waals surface area contributed by atoms with E-state index < -0.39 is 23.5 Å². The quantitative estimate of drug-likeness (QED) is 0.562. The molecule has 1 fully saturated rings. The maximum Gasteiger partial charge on any atom is 0.317 e. The van der Waals surface area contributed by atoms with Crippen LogP contribution >= 0.6 is 0 Å². The van der Waals surface area contributed by atoms with Gasteiger partial charge in [-0.1, -0.05) is 0 Å². The van der Waals surface area contributed by atoms with E-state index in [1.807, 2.05) is 0 Å². The Bertz CT molecular complexity index is 351. The highest BCUT2D eigenvalue weighted by Gasteiger charge is 2.47. The SMILES string of the molecule is COCCN(CCO)C(=O)NC1COCC1(C)C(=O)O. The van der Waals surface area contributed by atoms with E-state index in [-0.39, 0.29) is 26.4 Å². The summed E-state index contributed by atoms with van der Waals surface area (Å²) in [5, 5.41) is 20.8. The van der Waals surface area contributed by atoms with Crippen molar-refractivity contribution in [2.24, 2.45) is 5.41 Å². The number of nitrogens with zero attached hydrogens (tertiary/aromatic N) is 1. The van der Waals surface area contributed by atoms with Crippen molar-refractivity contribution in [3.63, 3.8) is 0 Å². The third-order valence-electron chi connectivity index (χ3n) is 3.46. The average Bonchev–Trinajstić information content (AvgIpc) is 2.77. The summed E-state index contributed by atoms with van der Waals surface area (Å²) in [5.41, 5.74) is -1.14. The Morgan fingerprint density at radius 1 is 1.50 bits per heavy atom. The van der Waals surface area contributed by atoms with E-state index in [0.717, 1.165) is 0 Å². The molecular weight excluding hydrogens is 268 g/mol. The molecule has 2 unspecified atom stereocenters. The van der Waals surface area contributed by atoms with Crippen molar-refractivity contribution in [2.45, 2.75) is 13.0 Å². The van der Waals surface area contributed by atoms with Crippen molar-refractivity contribution in [3.05, 3.63) is 0 Å². The smallest absolute Gasteiger partial charge is 0.317 e. The Kier molecular flexibility index (Phi) is 6.18. The van der Waals surface area contributed by atoms with E-state index in [9.17, 15) is 14.7 Å². The molecule has 8 nitrogen and oxygen atoms in total. The third-order valence-corrected chi connectivity index (χ3v) is 3.46. The Hall–Kier alpha value is -1.38. The van der Waals surface area contributed by atoms with Crippen LogP contribution in [0.4, 0.5) is 4.79 Å². The van der Waals surface area contributed by atoms with Gasteiger partial charge in [-0.3, -0.25) is 4.79 Å². The van der Waals surface area contributed by atoms with E-state index in [2.05, 4.69) is 5.32 Å². The summed E-state index contributed by atoms with van der Waals surface area (Å²) in [4.78, 5) is 24.8. The normalized spacial score (nSPS) is 25.4. The standard InChI is InChI=1S/C12H22N2O6/c1-12(10(16)17)8-20-7-9(12)13-11(18)14(3-5-15)4-6-19-2/h9,15H,3-8H2,1-2H3,(H,13,18)(H,16,17). The number of aliphatic hydroxyl groups is 1. The van der Waals surface area contributed by atoms with Crippen molar-refractivity contribution < 1.29 is 29.3 Å². The first-order valence-electron chi connectivity index (χ1n) is 6.42. The third kappa shape index (κ3) is 3.81. The molecule has 0 spiro atoms. The summed E-state index contributed by atoms with van der Waals surface area (Å²) < 4.78 is 10.1. The van der Waals surface area contributed by atoms with Crippen LogP contribution < -0.4 is 5.32 Å². The maximum absolute atomic E-state index is 12.1. The number of methoxy groups -OCH3 is 1. The second kappa shape index (κ2) is 7.41. The summed E-state index contributed by atoms with van der Waals surface area (Å²) >= 11 is 0. The molecule has 1 aliphatic heterocycles. The van der Waals surface area contributed by atoms with Crippen molar-refractivity contribution >= 4 is 12.0 Å². The zero-order valence-corrected chi connectivity index (χ0v) is 11.8. The Morgan fingerprint density at radius 2 is 2.20 bits per heavy atom. The molecule has 20 heavy (non-hydrogen) atoms. The van der Waals surface area contributed by atoms with Crippen LogP contribution in [-0.2, 0) is 14.3 Å². The molecule has 0 aromatic rings. The second-order valence-corrected chi connectivity index (χ2v) is 4.94. The number of aliphatic hydroxyl groups excluding tert-OH is 1. The lowest BCUT2D eigenvalue weighted by molar-refractivity contribution is -0.148. The van der Waals surface area contributed by atoms with Crippen LogP contribution in [0.2, 0.25) is 0 Å². The monoisotopic (exact) mass is 290 g/mol. The lowest BCUT2D eigenvalue weighted by Crippen LogP contribution is -2.54. The van der Waals surface area contributed by atoms with Crippen molar-refractivity contribution in [1.82, 2.24) is 10.2 Å². The lowest BCUT2D eigenvalue weighted by atomic mass is 9.85. The predicted molar refractivity (Wildman–Crippen MR) is 69.4 cm³/mol. The first-order valence-corrected chi connectivity index (χ1v) is 6.42. The van der Waals surface area contributed by atoms with Gasteiger partial charge in [0.05, 0.1) is 32.5 Å². The lowest BCUT2D eigenvalue weighted by Gasteiger charge is -2.29. The number of hydrogen-bond acceptors (Lipinski definition) is 5. The van der Waals surface area contributed by atoms with Gasteiger partial charge in [-0.2, -0.15) is 0 Å². The van der Waals surface area contributed by atoms with E-state index in [1.165, 1.54) is 12.0 Å². The number of carboxylic acid groups (broad SMARTS) is 1. The van der Waals surface area contributed by atoms with Crippen LogP contribution in [-0.4, -0.2) is 79.8 Å². The summed E-state index contributed by atoms with van der Waals surface area (Å²) in [6, 6.07) is -1.03. The molecule has 1 rings (SSSR count). The molecule has 2 amide bonds. The minimum absolute atomic E-state index is 0.0609.